The molecule has 2 N–H and O–H groups in total. The van der Waals surface area contributed by atoms with E-state index in [1.54, 1.807) is 47.3 Å². The highest BCUT2D eigenvalue weighted by molar-refractivity contribution is 5.84. The summed E-state index contributed by atoms with van der Waals surface area (Å²) in [4.78, 5) is 12.6. The van der Waals surface area contributed by atoms with E-state index >= 15 is 0 Å². The fourth-order valence-corrected chi connectivity index (χ4v) is 3.14. The number of rotatable bonds is 4. The first-order valence-electron chi connectivity index (χ1n) is 7.92. The molecule has 1 aromatic carbocycles. The summed E-state index contributed by atoms with van der Waals surface area (Å²) in [6.07, 6.45) is 3.49. The number of allylic oxidation sites excluding steroid dienone is 1. The van der Waals surface area contributed by atoms with Gasteiger partial charge in [0.1, 0.15) is 11.6 Å². The van der Waals surface area contributed by atoms with Gasteiger partial charge < -0.3 is 14.6 Å². The molecule has 0 saturated carbocycles. The molecule has 1 amide bonds. The number of hydrogen-bond acceptors (Lipinski definition) is 5. The molecule has 0 bridgehead atoms. The van der Waals surface area contributed by atoms with Crippen LogP contribution < -0.4 is 19.4 Å². The number of aromatic nitrogens is 1. The van der Waals surface area contributed by atoms with Crippen LogP contribution in [-0.2, 0) is 4.79 Å². The van der Waals surface area contributed by atoms with Gasteiger partial charge in [-0.1, -0.05) is 12.1 Å². The zero-order chi connectivity index (χ0) is 18.7. The lowest BCUT2D eigenvalue weighted by Gasteiger charge is -2.27. The fourth-order valence-electron chi connectivity index (χ4n) is 3.14. The van der Waals surface area contributed by atoms with Crippen LogP contribution in [0.1, 0.15) is 17.5 Å². The van der Waals surface area contributed by atoms with Crippen molar-refractivity contribution >= 4 is 5.91 Å². The molecule has 132 valence electrons. The number of amides is 1. The van der Waals surface area contributed by atoms with E-state index in [9.17, 15) is 15.2 Å². The average Bonchev–Trinajstić information content (AvgIpc) is 2.67. The van der Waals surface area contributed by atoms with Crippen molar-refractivity contribution in [2.45, 2.75) is 12.0 Å². The largest absolute Gasteiger partial charge is 0.494 e. The van der Waals surface area contributed by atoms with Gasteiger partial charge in [0.25, 0.3) is 5.91 Å². The normalized spacial score (nSPS) is 19.5. The lowest BCUT2D eigenvalue weighted by molar-refractivity contribution is -0.711. The Morgan fingerprint density at radius 1 is 1.15 bits per heavy atom. The molecule has 0 radical (unpaired) electrons. The lowest BCUT2D eigenvalue weighted by Crippen LogP contribution is -2.53. The summed E-state index contributed by atoms with van der Waals surface area (Å²) in [7, 11) is 3.04. The van der Waals surface area contributed by atoms with Crippen LogP contribution in [0.4, 0.5) is 0 Å². The maximum atomic E-state index is 12.6. The smallest absolute Gasteiger partial charge is 0.296 e. The van der Waals surface area contributed by atoms with Crippen LogP contribution in [0, 0.1) is 11.3 Å². The van der Waals surface area contributed by atoms with Crippen LogP contribution in [0.15, 0.2) is 60.2 Å². The van der Waals surface area contributed by atoms with E-state index in [1.807, 2.05) is 12.1 Å². The van der Waals surface area contributed by atoms with E-state index in [1.165, 1.54) is 14.2 Å². The van der Waals surface area contributed by atoms with Crippen molar-refractivity contribution in [2.75, 3.05) is 14.2 Å². The Labute approximate surface area is 150 Å². The summed E-state index contributed by atoms with van der Waals surface area (Å²) in [6.45, 7) is 0. The van der Waals surface area contributed by atoms with Crippen LogP contribution >= 0.6 is 0 Å². The predicted molar refractivity (Wildman–Crippen MR) is 91.4 cm³/mol. The van der Waals surface area contributed by atoms with Crippen LogP contribution in [0.5, 0.6) is 11.5 Å². The van der Waals surface area contributed by atoms with E-state index in [0.29, 0.717) is 17.1 Å². The number of aliphatic hydroxyl groups excluding tert-OH is 1. The van der Waals surface area contributed by atoms with E-state index < -0.39 is 23.8 Å². The molecule has 1 aliphatic heterocycles. The van der Waals surface area contributed by atoms with Crippen LogP contribution in [0.25, 0.3) is 0 Å². The van der Waals surface area contributed by atoms with Crippen molar-refractivity contribution in [1.29, 1.82) is 5.26 Å². The average molecular weight is 352 g/mol. The van der Waals surface area contributed by atoms with Gasteiger partial charge in [-0.25, -0.2) is 0 Å². The number of nitrogens with zero attached hydrogens (tertiary/aromatic N) is 2. The van der Waals surface area contributed by atoms with E-state index in [4.69, 9.17) is 9.47 Å². The predicted octanol–water partition coefficient (Wildman–Crippen LogP) is 1.74. The van der Waals surface area contributed by atoms with Gasteiger partial charge in [-0.05, 0) is 17.7 Å². The second-order valence-electron chi connectivity index (χ2n) is 5.72. The lowest BCUT2D eigenvalue weighted by atomic mass is 9.82. The summed E-state index contributed by atoms with van der Waals surface area (Å²) in [6, 6.07) is 11.9. The molecule has 7 heteroatoms. The molecule has 1 aliphatic rings. The van der Waals surface area contributed by atoms with E-state index in [0.717, 1.165) is 0 Å². The Hall–Kier alpha value is -3.53. The molecule has 1 aromatic heterocycles. The minimum Gasteiger partial charge on any atom is -0.494 e. The van der Waals surface area contributed by atoms with Gasteiger partial charge >= 0.3 is 0 Å². The minimum absolute atomic E-state index is 0.0816. The summed E-state index contributed by atoms with van der Waals surface area (Å²) in [5.41, 5.74) is 0.736. The molecular formula is C19H18N3O4+. The molecule has 7 nitrogen and oxygen atoms in total. The van der Waals surface area contributed by atoms with Crippen LogP contribution in [-0.4, -0.2) is 25.2 Å². The molecule has 2 atom stereocenters. The number of nitrogens with one attached hydrogen (secondary N) is 1. The molecule has 0 spiro atoms. The Morgan fingerprint density at radius 2 is 1.85 bits per heavy atom. The number of hydrogen-bond donors (Lipinski definition) is 2. The number of nitriles is 1. The fraction of sp³-hybridized carbons (Fsp3) is 0.211. The highest BCUT2D eigenvalue weighted by Gasteiger charge is 2.45. The Balaban J connectivity index is 2.19. The van der Waals surface area contributed by atoms with E-state index in [-0.39, 0.29) is 5.57 Å². The maximum Gasteiger partial charge on any atom is 0.296 e. The highest BCUT2D eigenvalue weighted by atomic mass is 16.5. The molecule has 2 aromatic rings. The first kappa shape index (κ1) is 17.3. The number of methoxy groups -OCH3 is 2. The van der Waals surface area contributed by atoms with Gasteiger partial charge in [0.2, 0.25) is 11.9 Å². The van der Waals surface area contributed by atoms with Gasteiger partial charge in [0.05, 0.1) is 20.1 Å². The summed E-state index contributed by atoms with van der Waals surface area (Å²) in [5, 5.41) is 22.1. The SMILES string of the molecule is COc1ccc(C2C(C#N)=C(O)NC(=O)C2[n+]2ccccc2)cc1OC. The van der Waals surface area contributed by atoms with Crippen molar-refractivity contribution < 1.29 is 23.9 Å². The second-order valence-corrected chi connectivity index (χ2v) is 5.72. The van der Waals surface area contributed by atoms with Gasteiger partial charge in [-0.3, -0.25) is 10.1 Å². The van der Waals surface area contributed by atoms with Crippen LogP contribution in [0.2, 0.25) is 0 Å². The summed E-state index contributed by atoms with van der Waals surface area (Å²) >= 11 is 0. The number of ether oxygens (including phenoxy) is 2. The van der Waals surface area contributed by atoms with Crippen molar-refractivity contribution in [3.8, 4) is 17.6 Å². The van der Waals surface area contributed by atoms with Crippen molar-refractivity contribution in [1.82, 2.24) is 5.32 Å². The maximum absolute atomic E-state index is 12.6. The molecule has 3 rings (SSSR count). The quantitative estimate of drug-likeness (QED) is 0.817. The standard InChI is InChI=1S/C19H17N3O4/c1-25-14-7-6-12(10-15(14)26-2)16-13(11-20)18(23)21-19(24)17(16)22-8-4-3-5-9-22/h3-10,16-17H,1-2H3,(H-,21,23,24)/p+1. The first-order chi connectivity index (χ1) is 12.6. The Kier molecular flexibility index (Phi) is 4.76. The highest BCUT2D eigenvalue weighted by Crippen LogP contribution is 2.39. The molecule has 2 heterocycles. The minimum atomic E-state index is -0.736. The number of aliphatic hydroxyl groups is 1. The molecular weight excluding hydrogens is 334 g/mol. The third-order valence-electron chi connectivity index (χ3n) is 4.34. The zero-order valence-corrected chi connectivity index (χ0v) is 14.3. The van der Waals surface area contributed by atoms with Crippen molar-refractivity contribution in [3.63, 3.8) is 0 Å². The Bertz CT molecular complexity index is 903. The molecule has 26 heavy (non-hydrogen) atoms. The summed E-state index contributed by atoms with van der Waals surface area (Å²) in [5.74, 6) is -0.500. The Morgan fingerprint density at radius 3 is 2.46 bits per heavy atom. The first-order valence-corrected chi connectivity index (χ1v) is 7.92. The summed E-state index contributed by atoms with van der Waals surface area (Å²) < 4.78 is 12.3. The zero-order valence-electron chi connectivity index (χ0n) is 14.3. The van der Waals surface area contributed by atoms with Gasteiger partial charge in [-0.15, -0.1) is 0 Å². The monoisotopic (exact) mass is 352 g/mol. The number of carbonyl (C=O) groups is 1. The molecule has 0 fully saturated rings. The third-order valence-corrected chi connectivity index (χ3v) is 4.34. The van der Waals surface area contributed by atoms with Gasteiger partial charge in [0, 0.05) is 12.1 Å². The number of benzene rings is 1. The van der Waals surface area contributed by atoms with Crippen molar-refractivity contribution in [2.24, 2.45) is 0 Å². The van der Waals surface area contributed by atoms with E-state index in [2.05, 4.69) is 5.32 Å². The number of pyridine rings is 1. The topological polar surface area (TPSA) is 95.5 Å². The third kappa shape index (κ3) is 2.93. The molecule has 0 saturated heterocycles. The number of carbonyl (C=O) groups excluding carboxylic acids is 1. The van der Waals surface area contributed by atoms with Gasteiger partial charge in [0.15, 0.2) is 23.9 Å². The van der Waals surface area contributed by atoms with Crippen LogP contribution in [0.3, 0.4) is 0 Å². The van der Waals surface area contributed by atoms with Gasteiger partial charge in [-0.2, -0.15) is 9.83 Å². The second kappa shape index (κ2) is 7.15. The van der Waals surface area contributed by atoms with Crippen molar-refractivity contribution in [3.05, 3.63) is 65.8 Å². The molecule has 0 aliphatic carbocycles. The molecule has 2 unspecified atom stereocenters.